The Hall–Kier alpha value is -2.04. The van der Waals surface area contributed by atoms with E-state index < -0.39 is 0 Å². The van der Waals surface area contributed by atoms with Crippen LogP contribution in [-0.4, -0.2) is 18.2 Å². The molecule has 1 aromatic heterocycles. The first-order valence-corrected chi connectivity index (χ1v) is 6.40. The number of ether oxygens (including phenoxy) is 1. The summed E-state index contributed by atoms with van der Waals surface area (Å²) in [7, 11) is 1.58. The lowest BCUT2D eigenvalue weighted by atomic mass is 10.1. The smallest absolute Gasteiger partial charge is 0.228 e. The second-order valence-electron chi connectivity index (χ2n) is 4.54. The molecule has 102 valence electrons. The van der Waals surface area contributed by atoms with Crippen LogP contribution in [-0.2, 0) is 4.79 Å². The van der Waals surface area contributed by atoms with Crippen LogP contribution in [0.4, 0.5) is 5.82 Å². The maximum absolute atomic E-state index is 12.0. The summed E-state index contributed by atoms with van der Waals surface area (Å²) in [5, 5.41) is 7.40. The molecule has 0 aliphatic carbocycles. The molecule has 5 nitrogen and oxygen atoms in total. The zero-order valence-corrected chi connectivity index (χ0v) is 11.4. The van der Waals surface area contributed by atoms with E-state index in [1.807, 2.05) is 19.1 Å². The van der Waals surface area contributed by atoms with E-state index in [4.69, 9.17) is 9.26 Å². The molecule has 2 aromatic rings. The second kappa shape index (κ2) is 5.73. The Morgan fingerprint density at radius 1 is 1.53 bits per heavy atom. The van der Waals surface area contributed by atoms with Gasteiger partial charge in [0.25, 0.3) is 0 Å². The molecule has 5 heteroatoms. The van der Waals surface area contributed by atoms with Crippen LogP contribution < -0.4 is 10.1 Å². The number of anilines is 1. The summed E-state index contributed by atoms with van der Waals surface area (Å²) in [5.41, 5.74) is 0.595. The first-order valence-electron chi connectivity index (χ1n) is 6.40. The average Bonchev–Trinajstić information content (AvgIpc) is 2.82. The minimum Gasteiger partial charge on any atom is -0.496 e. The molecular weight excluding hydrogens is 244 g/mol. The van der Waals surface area contributed by atoms with E-state index in [0.29, 0.717) is 22.5 Å². The van der Waals surface area contributed by atoms with Gasteiger partial charge in [0.05, 0.1) is 7.11 Å². The van der Waals surface area contributed by atoms with Crippen LogP contribution in [0, 0.1) is 5.92 Å². The van der Waals surface area contributed by atoms with Gasteiger partial charge in [0.15, 0.2) is 11.4 Å². The van der Waals surface area contributed by atoms with Crippen molar-refractivity contribution in [3.63, 3.8) is 0 Å². The number of rotatable bonds is 5. The van der Waals surface area contributed by atoms with Crippen molar-refractivity contribution in [3.8, 4) is 5.75 Å². The van der Waals surface area contributed by atoms with Gasteiger partial charge in [-0.3, -0.25) is 4.79 Å². The highest BCUT2D eigenvalue weighted by atomic mass is 16.5. The number of hydrogen-bond acceptors (Lipinski definition) is 4. The molecule has 0 aliphatic rings. The summed E-state index contributed by atoms with van der Waals surface area (Å²) in [4.78, 5) is 12.0. The molecule has 0 bridgehead atoms. The molecule has 0 saturated heterocycles. The third-order valence-corrected chi connectivity index (χ3v) is 3.09. The first-order chi connectivity index (χ1) is 9.17. The number of aromatic nitrogens is 1. The number of fused-ring (bicyclic) bond motifs is 1. The van der Waals surface area contributed by atoms with E-state index in [-0.39, 0.29) is 11.8 Å². The van der Waals surface area contributed by atoms with Crippen LogP contribution in [0.15, 0.2) is 22.7 Å². The van der Waals surface area contributed by atoms with Crippen molar-refractivity contribution in [3.05, 3.63) is 18.2 Å². The van der Waals surface area contributed by atoms with E-state index in [1.165, 1.54) is 0 Å². The molecule has 1 aromatic carbocycles. The summed E-state index contributed by atoms with van der Waals surface area (Å²) in [6, 6.07) is 5.41. The Kier molecular flexibility index (Phi) is 4.04. The lowest BCUT2D eigenvalue weighted by Gasteiger charge is -2.09. The lowest BCUT2D eigenvalue weighted by Crippen LogP contribution is -2.20. The summed E-state index contributed by atoms with van der Waals surface area (Å²) in [6.45, 7) is 3.96. The molecule has 2 rings (SSSR count). The van der Waals surface area contributed by atoms with E-state index in [9.17, 15) is 4.79 Å². The van der Waals surface area contributed by atoms with Crippen LogP contribution >= 0.6 is 0 Å². The maximum atomic E-state index is 12.0. The van der Waals surface area contributed by atoms with Gasteiger partial charge in [0.1, 0.15) is 11.1 Å². The summed E-state index contributed by atoms with van der Waals surface area (Å²) in [6.07, 6.45) is 1.82. The number of nitrogens with one attached hydrogen (secondary N) is 1. The Labute approximate surface area is 111 Å². The van der Waals surface area contributed by atoms with Crippen LogP contribution in [0.3, 0.4) is 0 Å². The van der Waals surface area contributed by atoms with Gasteiger partial charge in [0, 0.05) is 5.92 Å². The van der Waals surface area contributed by atoms with Crippen molar-refractivity contribution >= 4 is 22.7 Å². The molecule has 1 atom stereocenters. The van der Waals surface area contributed by atoms with Gasteiger partial charge < -0.3 is 14.6 Å². The summed E-state index contributed by atoms with van der Waals surface area (Å²) < 4.78 is 10.5. The number of methoxy groups -OCH3 is 1. The topological polar surface area (TPSA) is 64.4 Å². The Bertz CT molecular complexity index is 577. The van der Waals surface area contributed by atoms with Gasteiger partial charge in [0.2, 0.25) is 5.91 Å². The quantitative estimate of drug-likeness (QED) is 0.898. The van der Waals surface area contributed by atoms with Crippen molar-refractivity contribution in [2.24, 2.45) is 5.92 Å². The van der Waals surface area contributed by atoms with Crippen LogP contribution in [0.25, 0.3) is 11.0 Å². The summed E-state index contributed by atoms with van der Waals surface area (Å²) >= 11 is 0. The second-order valence-corrected chi connectivity index (χ2v) is 4.54. The molecule has 1 heterocycles. The Morgan fingerprint density at radius 3 is 3.00 bits per heavy atom. The highest BCUT2D eigenvalue weighted by Crippen LogP contribution is 2.32. The van der Waals surface area contributed by atoms with Crippen molar-refractivity contribution < 1.29 is 14.1 Å². The molecule has 0 fully saturated rings. The van der Waals surface area contributed by atoms with Gasteiger partial charge >= 0.3 is 0 Å². The van der Waals surface area contributed by atoms with Crippen molar-refractivity contribution in [2.45, 2.75) is 26.7 Å². The predicted octanol–water partition coefficient (Wildman–Crippen LogP) is 3.21. The largest absolute Gasteiger partial charge is 0.496 e. The number of hydrogen-bond donors (Lipinski definition) is 1. The van der Waals surface area contributed by atoms with Crippen LogP contribution in [0.2, 0.25) is 0 Å². The molecule has 19 heavy (non-hydrogen) atoms. The van der Waals surface area contributed by atoms with E-state index in [1.54, 1.807) is 13.2 Å². The fourth-order valence-corrected chi connectivity index (χ4v) is 2.02. The normalized spacial score (nSPS) is 12.4. The predicted molar refractivity (Wildman–Crippen MR) is 73.3 cm³/mol. The number of benzene rings is 1. The van der Waals surface area contributed by atoms with Gasteiger partial charge in [-0.25, -0.2) is 0 Å². The number of carbonyl (C=O) groups is 1. The van der Waals surface area contributed by atoms with Crippen molar-refractivity contribution in [1.29, 1.82) is 0 Å². The van der Waals surface area contributed by atoms with Crippen LogP contribution in [0.5, 0.6) is 5.75 Å². The lowest BCUT2D eigenvalue weighted by molar-refractivity contribution is -0.119. The fourth-order valence-electron chi connectivity index (χ4n) is 2.02. The van der Waals surface area contributed by atoms with Gasteiger partial charge in [-0.15, -0.1) is 0 Å². The molecule has 0 spiro atoms. The molecule has 0 aliphatic heterocycles. The third kappa shape index (κ3) is 2.70. The van der Waals surface area contributed by atoms with Gasteiger partial charge in [-0.1, -0.05) is 31.5 Å². The third-order valence-electron chi connectivity index (χ3n) is 3.09. The summed E-state index contributed by atoms with van der Waals surface area (Å²) in [5.74, 6) is 0.951. The first kappa shape index (κ1) is 13.4. The molecule has 0 radical (unpaired) electrons. The number of carbonyl (C=O) groups excluding carboxylic acids is 1. The maximum Gasteiger partial charge on any atom is 0.228 e. The Morgan fingerprint density at radius 2 is 2.32 bits per heavy atom. The average molecular weight is 262 g/mol. The Balaban J connectivity index is 2.28. The minimum atomic E-state index is -0.0528. The number of nitrogens with zero attached hydrogens (tertiary/aromatic N) is 1. The molecule has 0 saturated carbocycles. The van der Waals surface area contributed by atoms with E-state index in [0.717, 1.165) is 12.8 Å². The van der Waals surface area contributed by atoms with Crippen molar-refractivity contribution in [2.75, 3.05) is 12.4 Å². The fraction of sp³-hybridized carbons (Fsp3) is 0.429. The molecular formula is C14H18N2O3. The van der Waals surface area contributed by atoms with Gasteiger partial charge in [-0.05, 0) is 18.6 Å². The highest BCUT2D eigenvalue weighted by Gasteiger charge is 2.18. The monoisotopic (exact) mass is 262 g/mol. The molecule has 1 amide bonds. The zero-order valence-electron chi connectivity index (χ0n) is 11.4. The number of amides is 1. The van der Waals surface area contributed by atoms with Gasteiger partial charge in [-0.2, -0.15) is 0 Å². The minimum absolute atomic E-state index is 0.0496. The van der Waals surface area contributed by atoms with E-state index >= 15 is 0 Å². The SMILES string of the molecule is CCCC(C)C(=O)Nc1noc2cccc(OC)c12. The zero-order chi connectivity index (χ0) is 13.8. The van der Waals surface area contributed by atoms with E-state index in [2.05, 4.69) is 17.4 Å². The highest BCUT2D eigenvalue weighted by molar-refractivity contribution is 6.02. The van der Waals surface area contributed by atoms with Crippen LogP contribution in [0.1, 0.15) is 26.7 Å². The molecule has 1 N–H and O–H groups in total. The molecule has 1 unspecified atom stereocenters. The van der Waals surface area contributed by atoms with Crippen molar-refractivity contribution in [1.82, 2.24) is 5.16 Å². The standard InChI is InChI=1S/C14H18N2O3/c1-4-6-9(2)14(17)15-13-12-10(18-3)7-5-8-11(12)19-16-13/h5,7-9H,4,6H2,1-3H3,(H,15,16,17).